The van der Waals surface area contributed by atoms with Crippen LogP contribution in [0.4, 0.5) is 5.95 Å². The third-order valence-corrected chi connectivity index (χ3v) is 3.63. The fourth-order valence-electron chi connectivity index (χ4n) is 2.60. The number of anilines is 1. The molecule has 20 heavy (non-hydrogen) atoms. The zero-order valence-electron chi connectivity index (χ0n) is 14.1. The lowest BCUT2D eigenvalue weighted by Gasteiger charge is -2.30. The summed E-state index contributed by atoms with van der Waals surface area (Å²) in [5.74, 6) is 1.02. The molecule has 0 spiro atoms. The van der Waals surface area contributed by atoms with Crippen LogP contribution in [-0.4, -0.2) is 39.6 Å². The molecule has 0 atom stereocenters. The lowest BCUT2D eigenvalue weighted by atomic mass is 10.2. The number of unbranched alkanes of at least 4 members (excludes halogenated alkanes) is 1. The van der Waals surface area contributed by atoms with E-state index in [0.29, 0.717) is 12.1 Å². The SMILES string of the molecule is CCCCn1cc(C)nc1NCCN(C(C)C)C(C)C. The minimum absolute atomic E-state index is 0.582. The summed E-state index contributed by atoms with van der Waals surface area (Å²) in [6, 6.07) is 1.16. The molecular weight excluding hydrogens is 248 g/mol. The molecule has 1 aromatic rings. The van der Waals surface area contributed by atoms with Gasteiger partial charge in [-0.25, -0.2) is 4.98 Å². The Labute approximate surface area is 124 Å². The van der Waals surface area contributed by atoms with Gasteiger partial charge in [0.05, 0.1) is 5.69 Å². The maximum absolute atomic E-state index is 4.58. The van der Waals surface area contributed by atoms with Gasteiger partial charge in [-0.2, -0.15) is 0 Å². The number of imidazole rings is 1. The molecule has 1 N–H and O–H groups in total. The molecule has 0 amide bonds. The molecule has 0 aliphatic rings. The largest absolute Gasteiger partial charge is 0.354 e. The van der Waals surface area contributed by atoms with Crippen LogP contribution in [0.15, 0.2) is 6.20 Å². The van der Waals surface area contributed by atoms with Gasteiger partial charge >= 0.3 is 0 Å². The van der Waals surface area contributed by atoms with E-state index >= 15 is 0 Å². The Balaban J connectivity index is 2.52. The number of rotatable bonds is 9. The standard InChI is InChI=1S/C16H32N4/c1-7-8-10-19-12-15(6)18-16(19)17-9-11-20(13(2)3)14(4)5/h12-14H,7-11H2,1-6H3,(H,17,18). The van der Waals surface area contributed by atoms with Crippen molar-refractivity contribution in [2.75, 3.05) is 18.4 Å². The van der Waals surface area contributed by atoms with Crippen LogP contribution >= 0.6 is 0 Å². The molecule has 1 rings (SSSR count). The minimum Gasteiger partial charge on any atom is -0.354 e. The van der Waals surface area contributed by atoms with Crippen molar-refractivity contribution >= 4 is 5.95 Å². The summed E-state index contributed by atoms with van der Waals surface area (Å²) in [6.07, 6.45) is 4.56. The van der Waals surface area contributed by atoms with Crippen molar-refractivity contribution in [1.82, 2.24) is 14.5 Å². The molecular formula is C16H32N4. The molecule has 116 valence electrons. The van der Waals surface area contributed by atoms with Gasteiger partial charge < -0.3 is 9.88 Å². The van der Waals surface area contributed by atoms with E-state index in [0.717, 1.165) is 31.3 Å². The number of nitrogens with zero attached hydrogens (tertiary/aromatic N) is 3. The molecule has 0 aliphatic carbocycles. The van der Waals surface area contributed by atoms with Crippen LogP contribution in [-0.2, 0) is 6.54 Å². The van der Waals surface area contributed by atoms with Gasteiger partial charge in [-0.05, 0) is 41.0 Å². The summed E-state index contributed by atoms with van der Waals surface area (Å²) >= 11 is 0. The first-order valence-electron chi connectivity index (χ1n) is 7.99. The molecule has 0 aliphatic heterocycles. The molecule has 4 nitrogen and oxygen atoms in total. The molecule has 0 saturated carbocycles. The van der Waals surface area contributed by atoms with Crippen LogP contribution in [0.2, 0.25) is 0 Å². The van der Waals surface area contributed by atoms with Gasteiger partial charge in [-0.15, -0.1) is 0 Å². The fraction of sp³-hybridized carbons (Fsp3) is 0.812. The van der Waals surface area contributed by atoms with Crippen LogP contribution < -0.4 is 5.32 Å². The van der Waals surface area contributed by atoms with Crippen molar-refractivity contribution in [3.05, 3.63) is 11.9 Å². The van der Waals surface area contributed by atoms with Crippen molar-refractivity contribution in [1.29, 1.82) is 0 Å². The first-order chi connectivity index (χ1) is 9.45. The molecule has 0 unspecified atom stereocenters. The second kappa shape index (κ2) is 8.30. The van der Waals surface area contributed by atoms with Gasteiger partial charge in [-0.1, -0.05) is 13.3 Å². The molecule has 0 aromatic carbocycles. The Morgan fingerprint density at radius 3 is 2.45 bits per heavy atom. The van der Waals surface area contributed by atoms with E-state index in [1.165, 1.54) is 12.8 Å². The lowest BCUT2D eigenvalue weighted by molar-refractivity contribution is 0.182. The predicted molar refractivity (Wildman–Crippen MR) is 87.3 cm³/mol. The molecule has 0 radical (unpaired) electrons. The summed E-state index contributed by atoms with van der Waals surface area (Å²) < 4.78 is 2.24. The van der Waals surface area contributed by atoms with Crippen LogP contribution in [0, 0.1) is 6.92 Å². The monoisotopic (exact) mass is 280 g/mol. The van der Waals surface area contributed by atoms with Crippen LogP contribution in [0.25, 0.3) is 0 Å². The average molecular weight is 280 g/mol. The second-order valence-electron chi connectivity index (χ2n) is 6.10. The maximum Gasteiger partial charge on any atom is 0.203 e. The van der Waals surface area contributed by atoms with Crippen LogP contribution in [0.5, 0.6) is 0 Å². The second-order valence-corrected chi connectivity index (χ2v) is 6.10. The van der Waals surface area contributed by atoms with E-state index in [4.69, 9.17) is 0 Å². The van der Waals surface area contributed by atoms with Gasteiger partial charge in [0.1, 0.15) is 0 Å². The van der Waals surface area contributed by atoms with E-state index in [1.807, 2.05) is 0 Å². The van der Waals surface area contributed by atoms with E-state index in [2.05, 4.69) is 67.5 Å². The molecule has 1 heterocycles. The molecule has 4 heteroatoms. The highest BCUT2D eigenvalue weighted by Gasteiger charge is 2.13. The summed E-state index contributed by atoms with van der Waals surface area (Å²) in [5, 5.41) is 3.49. The molecule has 0 bridgehead atoms. The number of nitrogens with one attached hydrogen (secondary N) is 1. The highest BCUT2D eigenvalue weighted by atomic mass is 15.2. The van der Waals surface area contributed by atoms with Gasteiger partial charge in [0.2, 0.25) is 5.95 Å². The summed E-state index contributed by atoms with van der Waals surface area (Å²) in [6.45, 7) is 16.4. The average Bonchev–Trinajstić information content (AvgIpc) is 2.71. The zero-order valence-corrected chi connectivity index (χ0v) is 14.1. The fourth-order valence-corrected chi connectivity index (χ4v) is 2.60. The quantitative estimate of drug-likeness (QED) is 0.751. The van der Waals surface area contributed by atoms with Crippen LogP contribution in [0.3, 0.4) is 0 Å². The Morgan fingerprint density at radius 2 is 1.90 bits per heavy atom. The Bertz CT molecular complexity index is 374. The number of aromatic nitrogens is 2. The smallest absolute Gasteiger partial charge is 0.203 e. The van der Waals surface area contributed by atoms with Crippen molar-refractivity contribution in [2.24, 2.45) is 0 Å². The van der Waals surface area contributed by atoms with Crippen molar-refractivity contribution in [3.63, 3.8) is 0 Å². The molecule has 0 fully saturated rings. The third kappa shape index (κ3) is 5.16. The molecule has 0 saturated heterocycles. The summed E-state index contributed by atoms with van der Waals surface area (Å²) in [5.41, 5.74) is 1.09. The maximum atomic E-state index is 4.58. The van der Waals surface area contributed by atoms with Gasteiger partial charge in [0, 0.05) is 37.9 Å². The van der Waals surface area contributed by atoms with E-state index in [1.54, 1.807) is 0 Å². The predicted octanol–water partition coefficient (Wildman–Crippen LogP) is 3.52. The highest BCUT2D eigenvalue weighted by Crippen LogP contribution is 2.10. The van der Waals surface area contributed by atoms with Gasteiger partial charge in [0.15, 0.2) is 0 Å². The van der Waals surface area contributed by atoms with Crippen LogP contribution in [0.1, 0.15) is 53.2 Å². The number of aryl methyl sites for hydroxylation is 2. The summed E-state index contributed by atoms with van der Waals surface area (Å²) in [4.78, 5) is 7.08. The van der Waals surface area contributed by atoms with Crippen molar-refractivity contribution in [2.45, 2.75) is 73.0 Å². The topological polar surface area (TPSA) is 33.1 Å². The Morgan fingerprint density at radius 1 is 1.25 bits per heavy atom. The normalized spacial score (nSPS) is 11.8. The zero-order chi connectivity index (χ0) is 15.1. The lowest BCUT2D eigenvalue weighted by Crippen LogP contribution is -2.40. The highest BCUT2D eigenvalue weighted by molar-refractivity contribution is 5.28. The first kappa shape index (κ1) is 17.0. The Hall–Kier alpha value is -1.03. The summed E-state index contributed by atoms with van der Waals surface area (Å²) in [7, 11) is 0. The Kier molecular flexibility index (Phi) is 7.06. The van der Waals surface area contributed by atoms with E-state index in [-0.39, 0.29) is 0 Å². The van der Waals surface area contributed by atoms with Gasteiger partial charge in [-0.3, -0.25) is 4.90 Å². The number of hydrogen-bond donors (Lipinski definition) is 1. The molecule has 1 aromatic heterocycles. The van der Waals surface area contributed by atoms with Gasteiger partial charge in [0.25, 0.3) is 0 Å². The van der Waals surface area contributed by atoms with E-state index < -0.39 is 0 Å². The van der Waals surface area contributed by atoms with E-state index in [9.17, 15) is 0 Å². The van der Waals surface area contributed by atoms with Crippen molar-refractivity contribution in [3.8, 4) is 0 Å². The third-order valence-electron chi connectivity index (χ3n) is 3.63. The van der Waals surface area contributed by atoms with Crippen molar-refractivity contribution < 1.29 is 0 Å². The first-order valence-corrected chi connectivity index (χ1v) is 7.99. The minimum atomic E-state index is 0.582. The number of hydrogen-bond acceptors (Lipinski definition) is 3.